The van der Waals surface area contributed by atoms with Crippen LogP contribution in [0.25, 0.3) is 0 Å². The van der Waals surface area contributed by atoms with Gasteiger partial charge in [-0.3, -0.25) is 4.79 Å². The minimum absolute atomic E-state index is 0.0328. The van der Waals surface area contributed by atoms with Crippen LogP contribution in [0.1, 0.15) is 5.56 Å². The van der Waals surface area contributed by atoms with Gasteiger partial charge in [0.05, 0.1) is 0 Å². The molecule has 18 heavy (non-hydrogen) atoms. The maximum absolute atomic E-state index is 11.3. The summed E-state index contributed by atoms with van der Waals surface area (Å²) in [5.41, 5.74) is -0.399. The van der Waals surface area contributed by atoms with Gasteiger partial charge in [0.1, 0.15) is 5.76 Å². The van der Waals surface area contributed by atoms with Crippen molar-refractivity contribution in [1.29, 1.82) is 0 Å². The second-order valence-corrected chi connectivity index (χ2v) is 4.09. The van der Waals surface area contributed by atoms with E-state index >= 15 is 0 Å². The van der Waals surface area contributed by atoms with Gasteiger partial charge in [-0.2, -0.15) is 0 Å². The number of fused-ring (bicyclic) bond motifs is 1. The Kier molecular flexibility index (Phi) is 2.18. The molecule has 2 aliphatic rings. The highest BCUT2D eigenvalue weighted by molar-refractivity contribution is 6.01. The Labute approximate surface area is 103 Å². The Bertz CT molecular complexity index is 587. The number of hydrogen-bond donors (Lipinski definition) is 2. The van der Waals surface area contributed by atoms with Crippen molar-refractivity contribution in [2.45, 2.75) is 5.60 Å². The van der Waals surface area contributed by atoms with Crippen molar-refractivity contribution >= 4 is 5.78 Å². The van der Waals surface area contributed by atoms with Gasteiger partial charge in [0.25, 0.3) is 0 Å². The van der Waals surface area contributed by atoms with Crippen LogP contribution in [0.4, 0.5) is 0 Å². The van der Waals surface area contributed by atoms with Gasteiger partial charge in [-0.1, -0.05) is 6.07 Å². The first-order valence-corrected chi connectivity index (χ1v) is 5.36. The summed E-state index contributed by atoms with van der Waals surface area (Å²) in [6, 6.07) is 4.36. The van der Waals surface area contributed by atoms with E-state index in [1.54, 1.807) is 12.1 Å². The molecule has 1 aromatic carbocycles. The average Bonchev–Trinajstić information content (AvgIpc) is 2.76. The summed E-state index contributed by atoms with van der Waals surface area (Å²) in [5, 5.41) is 18.9. The van der Waals surface area contributed by atoms with E-state index in [0.717, 1.165) is 0 Å². The average molecular weight is 246 g/mol. The van der Waals surface area contributed by atoms with E-state index in [0.29, 0.717) is 11.3 Å². The summed E-state index contributed by atoms with van der Waals surface area (Å²) in [6.45, 7) is 0.0328. The molecule has 0 amide bonds. The van der Waals surface area contributed by atoms with Crippen LogP contribution in [0, 0.1) is 0 Å². The van der Waals surface area contributed by atoms with Crippen LogP contribution in [0.2, 0.25) is 0 Å². The summed E-state index contributed by atoms with van der Waals surface area (Å²) in [6.07, 6.45) is 4.34. The lowest BCUT2D eigenvalue weighted by Crippen LogP contribution is -2.27. The largest absolute Gasteiger partial charge is 0.504 e. The van der Waals surface area contributed by atoms with Crippen molar-refractivity contribution in [3.05, 3.63) is 47.7 Å². The number of allylic oxidation sites excluding steroid dienone is 2. The van der Waals surface area contributed by atoms with Crippen LogP contribution >= 0.6 is 0 Å². The molecule has 3 rings (SSSR count). The van der Waals surface area contributed by atoms with E-state index < -0.39 is 5.60 Å². The summed E-state index contributed by atoms with van der Waals surface area (Å²) >= 11 is 0. The number of phenolic OH excluding ortho intramolecular Hbond substituents is 2. The predicted octanol–water partition coefficient (Wildman–Crippen LogP) is 1.32. The monoisotopic (exact) mass is 246 g/mol. The molecule has 0 spiro atoms. The van der Waals surface area contributed by atoms with Gasteiger partial charge < -0.3 is 19.7 Å². The molecule has 1 aliphatic heterocycles. The molecule has 0 bridgehead atoms. The van der Waals surface area contributed by atoms with Crippen molar-refractivity contribution in [2.75, 3.05) is 6.79 Å². The number of benzene rings is 1. The normalized spacial score (nSPS) is 25.6. The van der Waals surface area contributed by atoms with Crippen molar-refractivity contribution in [3.8, 4) is 11.5 Å². The molecule has 1 unspecified atom stereocenters. The highest BCUT2D eigenvalue weighted by atomic mass is 16.7. The second-order valence-electron chi connectivity index (χ2n) is 4.09. The van der Waals surface area contributed by atoms with E-state index in [1.165, 1.54) is 24.3 Å². The number of aromatic hydroxyl groups is 2. The first-order chi connectivity index (χ1) is 8.62. The predicted molar refractivity (Wildman–Crippen MR) is 60.7 cm³/mol. The number of carbonyl (C=O) groups excluding carboxylic acids is 1. The molecular weight excluding hydrogens is 236 g/mol. The van der Waals surface area contributed by atoms with Crippen molar-refractivity contribution in [3.63, 3.8) is 0 Å². The minimum Gasteiger partial charge on any atom is -0.504 e. The molecule has 1 fully saturated rings. The Morgan fingerprint density at radius 2 is 2.06 bits per heavy atom. The molecule has 1 heterocycles. The fraction of sp³-hybridized carbons (Fsp3) is 0.154. The molecule has 5 heteroatoms. The zero-order chi connectivity index (χ0) is 12.8. The van der Waals surface area contributed by atoms with Gasteiger partial charge in [-0.05, 0) is 29.8 Å². The van der Waals surface area contributed by atoms with Crippen LogP contribution in [0.15, 0.2) is 42.2 Å². The topological polar surface area (TPSA) is 76.0 Å². The Morgan fingerprint density at radius 1 is 1.22 bits per heavy atom. The standard InChI is InChI=1S/C13H10O5/c14-9-3-4-13(12(6-9)17-7-18-13)8-1-2-10(15)11(16)5-8/h1-6,15-16H,7H2. The lowest BCUT2D eigenvalue weighted by atomic mass is 9.87. The summed E-state index contributed by atoms with van der Waals surface area (Å²) in [4.78, 5) is 11.3. The zero-order valence-corrected chi connectivity index (χ0v) is 9.29. The van der Waals surface area contributed by atoms with E-state index in [-0.39, 0.29) is 24.1 Å². The molecule has 5 nitrogen and oxygen atoms in total. The Hall–Kier alpha value is -2.27. The number of carbonyl (C=O) groups is 1. The van der Waals surface area contributed by atoms with Crippen LogP contribution in [0.3, 0.4) is 0 Å². The number of phenols is 2. The third-order valence-corrected chi connectivity index (χ3v) is 3.03. The minimum atomic E-state index is -0.987. The van der Waals surface area contributed by atoms with Gasteiger partial charge >= 0.3 is 0 Å². The maximum atomic E-state index is 11.3. The molecule has 0 radical (unpaired) electrons. The smallest absolute Gasteiger partial charge is 0.190 e. The SMILES string of the molecule is O=C1C=CC2(c3ccc(O)c(O)c3)OCOC2=C1. The second kappa shape index (κ2) is 3.61. The van der Waals surface area contributed by atoms with E-state index in [1.807, 2.05) is 0 Å². The quantitative estimate of drug-likeness (QED) is 0.731. The van der Waals surface area contributed by atoms with Crippen LogP contribution in [0.5, 0.6) is 11.5 Å². The lowest BCUT2D eigenvalue weighted by Gasteiger charge is -2.26. The van der Waals surface area contributed by atoms with Gasteiger partial charge in [0.2, 0.25) is 0 Å². The maximum Gasteiger partial charge on any atom is 0.190 e. The van der Waals surface area contributed by atoms with E-state index in [9.17, 15) is 15.0 Å². The summed E-state index contributed by atoms with van der Waals surface area (Å²) in [5.74, 6) is -0.244. The summed E-state index contributed by atoms with van der Waals surface area (Å²) in [7, 11) is 0. The van der Waals surface area contributed by atoms with Gasteiger partial charge in [-0.15, -0.1) is 0 Å². The number of ether oxygens (including phenoxy) is 2. The molecule has 1 saturated heterocycles. The Balaban J connectivity index is 2.14. The van der Waals surface area contributed by atoms with Crippen LogP contribution in [-0.4, -0.2) is 22.8 Å². The first kappa shape index (κ1) is 10.9. The highest BCUT2D eigenvalue weighted by Gasteiger charge is 2.44. The van der Waals surface area contributed by atoms with Crippen molar-refractivity contribution in [1.82, 2.24) is 0 Å². The third-order valence-electron chi connectivity index (χ3n) is 3.03. The number of rotatable bonds is 1. The Morgan fingerprint density at radius 3 is 2.83 bits per heavy atom. The van der Waals surface area contributed by atoms with Crippen molar-refractivity contribution in [2.24, 2.45) is 0 Å². The first-order valence-electron chi connectivity index (χ1n) is 5.36. The molecule has 92 valence electrons. The number of ketones is 1. The van der Waals surface area contributed by atoms with Gasteiger partial charge in [0.15, 0.2) is 29.7 Å². The van der Waals surface area contributed by atoms with E-state index in [2.05, 4.69) is 0 Å². The lowest BCUT2D eigenvalue weighted by molar-refractivity contribution is -0.110. The van der Waals surface area contributed by atoms with Crippen LogP contribution < -0.4 is 0 Å². The van der Waals surface area contributed by atoms with E-state index in [4.69, 9.17) is 9.47 Å². The highest BCUT2D eigenvalue weighted by Crippen LogP contribution is 2.44. The molecule has 1 aromatic rings. The van der Waals surface area contributed by atoms with Crippen LogP contribution in [-0.2, 0) is 19.9 Å². The third kappa shape index (κ3) is 1.41. The molecule has 0 saturated carbocycles. The van der Waals surface area contributed by atoms with Crippen molar-refractivity contribution < 1.29 is 24.5 Å². The molecule has 1 atom stereocenters. The fourth-order valence-electron chi connectivity index (χ4n) is 2.10. The molecule has 0 aromatic heterocycles. The molecule has 1 aliphatic carbocycles. The summed E-state index contributed by atoms with van der Waals surface area (Å²) < 4.78 is 10.8. The zero-order valence-electron chi connectivity index (χ0n) is 9.29. The fourth-order valence-corrected chi connectivity index (χ4v) is 2.10. The molecular formula is C13H10O5. The van der Waals surface area contributed by atoms with Gasteiger partial charge in [-0.25, -0.2) is 0 Å². The van der Waals surface area contributed by atoms with Gasteiger partial charge in [0, 0.05) is 6.08 Å². The molecule has 2 N–H and O–H groups in total. The number of hydrogen-bond acceptors (Lipinski definition) is 5.